The predicted octanol–water partition coefficient (Wildman–Crippen LogP) is 3.77. The molecule has 2 nitrogen and oxygen atoms in total. The van der Waals surface area contributed by atoms with E-state index in [4.69, 9.17) is 11.6 Å². The predicted molar refractivity (Wildman–Crippen MR) is 59.8 cm³/mol. The molecule has 76 valence electrons. The van der Waals surface area contributed by atoms with Crippen molar-refractivity contribution in [2.24, 2.45) is 0 Å². The molecule has 7 heteroatoms. The Morgan fingerprint density at radius 1 is 1.64 bits per heavy atom. The summed E-state index contributed by atoms with van der Waals surface area (Å²) in [4.78, 5) is 14.6. The van der Waals surface area contributed by atoms with Crippen molar-refractivity contribution in [1.29, 1.82) is 0 Å². The summed E-state index contributed by atoms with van der Waals surface area (Å²) >= 11 is 9.84. The molecule has 1 rings (SSSR count). The maximum Gasteiger partial charge on any atom is 0.267 e. The van der Waals surface area contributed by atoms with Gasteiger partial charge in [0.15, 0.2) is 0 Å². The molecule has 0 aliphatic carbocycles. The monoisotopic (exact) mass is 395 g/mol. The van der Waals surface area contributed by atoms with Crippen molar-refractivity contribution >= 4 is 55.4 Å². The first kappa shape index (κ1) is 12.3. The van der Waals surface area contributed by atoms with Gasteiger partial charge in [-0.05, 0) is 56.2 Å². The number of halogens is 5. The van der Waals surface area contributed by atoms with E-state index >= 15 is 0 Å². The van der Waals surface area contributed by atoms with Gasteiger partial charge in [-0.25, -0.2) is 13.8 Å². The maximum atomic E-state index is 12.5. The molecule has 0 aliphatic rings. The molecule has 0 aliphatic heterocycles. The summed E-state index contributed by atoms with van der Waals surface area (Å²) in [6.45, 7) is 0. The fourth-order valence-corrected chi connectivity index (χ4v) is 2.48. The molecule has 14 heavy (non-hydrogen) atoms. The lowest BCUT2D eigenvalue weighted by atomic mass is 10.1. The summed E-state index contributed by atoms with van der Waals surface area (Å²) in [6, 6.07) is 1.22. The Balaban J connectivity index is 3.44. The molecule has 1 aromatic heterocycles. The second kappa shape index (κ2) is 4.80. The summed E-state index contributed by atoms with van der Waals surface area (Å²) in [6.07, 6.45) is -2.79. The Morgan fingerprint density at radius 3 is 2.64 bits per heavy atom. The molecule has 1 aromatic rings. The highest BCUT2D eigenvalue weighted by Gasteiger charge is 2.22. The van der Waals surface area contributed by atoms with E-state index in [1.165, 1.54) is 6.07 Å². The van der Waals surface area contributed by atoms with Crippen molar-refractivity contribution in [2.45, 2.75) is 6.43 Å². The molecule has 1 heterocycles. The Hall–Kier alpha value is 0.180. The Morgan fingerprint density at radius 2 is 2.21 bits per heavy atom. The van der Waals surface area contributed by atoms with Crippen LogP contribution in [0.3, 0.4) is 0 Å². The number of hydrogen-bond donors (Lipinski definition) is 0. The van der Waals surface area contributed by atoms with Gasteiger partial charge in [0.25, 0.3) is 11.7 Å². The summed E-state index contributed by atoms with van der Waals surface area (Å²) in [5, 5.41) is -0.915. The Labute approximate surface area is 105 Å². The van der Waals surface area contributed by atoms with Crippen LogP contribution in [0.2, 0.25) is 0 Å². The van der Waals surface area contributed by atoms with Crippen LogP contribution in [0.5, 0.6) is 0 Å². The standard InChI is InChI=1S/C7H2BrClF2INO/c8-5-4(7(10)11)2(6(9)14)1-3(12)13-5/h1,7H. The third-order valence-corrected chi connectivity index (χ3v) is 2.77. The van der Waals surface area contributed by atoms with E-state index in [0.29, 0.717) is 3.70 Å². The molecule has 0 atom stereocenters. The third kappa shape index (κ3) is 2.60. The first-order chi connectivity index (χ1) is 6.43. The van der Waals surface area contributed by atoms with Crippen molar-refractivity contribution in [3.8, 4) is 0 Å². The second-order valence-corrected chi connectivity index (χ2v) is 4.47. The van der Waals surface area contributed by atoms with Gasteiger partial charge in [-0.1, -0.05) is 0 Å². The van der Waals surface area contributed by atoms with Crippen LogP contribution in [0.1, 0.15) is 22.3 Å². The van der Waals surface area contributed by atoms with Gasteiger partial charge < -0.3 is 0 Å². The van der Waals surface area contributed by atoms with Gasteiger partial charge in [-0.3, -0.25) is 4.79 Å². The zero-order chi connectivity index (χ0) is 10.9. The summed E-state index contributed by atoms with van der Waals surface area (Å²) in [7, 11) is 0. The average Bonchev–Trinajstić information content (AvgIpc) is 2.01. The van der Waals surface area contributed by atoms with Gasteiger partial charge in [-0.15, -0.1) is 0 Å². The Bertz CT molecular complexity index is 388. The van der Waals surface area contributed by atoms with Gasteiger partial charge in [0.05, 0.1) is 5.56 Å². The van der Waals surface area contributed by atoms with Crippen LogP contribution in [0, 0.1) is 3.70 Å². The number of hydrogen-bond acceptors (Lipinski definition) is 2. The number of nitrogens with zero attached hydrogens (tertiary/aromatic N) is 1. The van der Waals surface area contributed by atoms with Crippen LogP contribution in [0.25, 0.3) is 0 Å². The van der Waals surface area contributed by atoms with E-state index in [1.807, 2.05) is 22.6 Å². The van der Waals surface area contributed by atoms with Crippen molar-refractivity contribution in [3.63, 3.8) is 0 Å². The molecular formula is C7H2BrClF2INO. The molecule has 0 N–H and O–H groups in total. The molecule has 0 saturated carbocycles. The molecule has 0 saturated heterocycles. The molecule has 0 spiro atoms. The molecule has 0 bridgehead atoms. The molecule has 0 amide bonds. The fraction of sp³-hybridized carbons (Fsp3) is 0.143. The fourth-order valence-electron chi connectivity index (χ4n) is 0.864. The lowest BCUT2D eigenvalue weighted by molar-refractivity contribution is 0.106. The van der Waals surface area contributed by atoms with Crippen LogP contribution in [0.15, 0.2) is 10.7 Å². The third-order valence-electron chi connectivity index (χ3n) is 1.41. The molecule has 0 fully saturated rings. The number of carbonyl (C=O) groups is 1. The highest BCUT2D eigenvalue weighted by Crippen LogP contribution is 2.31. The first-order valence-electron chi connectivity index (χ1n) is 3.27. The minimum Gasteiger partial charge on any atom is -0.276 e. The maximum absolute atomic E-state index is 12.5. The number of alkyl halides is 2. The lowest BCUT2D eigenvalue weighted by Gasteiger charge is -2.07. The zero-order valence-corrected chi connectivity index (χ0v) is 10.9. The van der Waals surface area contributed by atoms with E-state index in [1.54, 1.807) is 0 Å². The first-order valence-corrected chi connectivity index (χ1v) is 5.52. The van der Waals surface area contributed by atoms with E-state index in [0.717, 1.165) is 0 Å². The van der Waals surface area contributed by atoms with Crippen molar-refractivity contribution in [1.82, 2.24) is 4.98 Å². The smallest absolute Gasteiger partial charge is 0.267 e. The summed E-state index contributed by atoms with van der Waals surface area (Å²) in [5.41, 5.74) is -0.682. The van der Waals surface area contributed by atoms with Crippen molar-refractivity contribution in [3.05, 3.63) is 25.5 Å². The minimum atomic E-state index is -2.79. The van der Waals surface area contributed by atoms with Crippen LogP contribution in [0.4, 0.5) is 8.78 Å². The average molecular weight is 396 g/mol. The molecule has 0 unspecified atom stereocenters. The molecule has 0 aromatic carbocycles. The van der Waals surface area contributed by atoms with E-state index in [9.17, 15) is 13.6 Å². The zero-order valence-electron chi connectivity index (χ0n) is 6.40. The van der Waals surface area contributed by atoms with E-state index in [2.05, 4.69) is 20.9 Å². The van der Waals surface area contributed by atoms with Crippen LogP contribution in [-0.2, 0) is 0 Å². The van der Waals surface area contributed by atoms with Crippen LogP contribution in [-0.4, -0.2) is 10.2 Å². The van der Waals surface area contributed by atoms with E-state index < -0.39 is 17.2 Å². The number of aromatic nitrogens is 1. The highest BCUT2D eigenvalue weighted by atomic mass is 127. The number of rotatable bonds is 2. The minimum absolute atomic E-state index is 0.0524. The van der Waals surface area contributed by atoms with Crippen molar-refractivity contribution in [2.75, 3.05) is 0 Å². The van der Waals surface area contributed by atoms with Gasteiger partial charge in [0.2, 0.25) is 0 Å². The SMILES string of the molecule is O=C(Cl)c1cc(I)nc(Br)c1C(F)F. The van der Waals surface area contributed by atoms with Gasteiger partial charge in [0, 0.05) is 5.56 Å². The topological polar surface area (TPSA) is 30.0 Å². The molecular weight excluding hydrogens is 394 g/mol. The van der Waals surface area contributed by atoms with E-state index in [-0.39, 0.29) is 10.2 Å². The molecule has 0 radical (unpaired) electrons. The largest absolute Gasteiger partial charge is 0.276 e. The lowest BCUT2D eigenvalue weighted by Crippen LogP contribution is -2.02. The second-order valence-electron chi connectivity index (χ2n) is 2.27. The van der Waals surface area contributed by atoms with Gasteiger partial charge >= 0.3 is 0 Å². The summed E-state index contributed by atoms with van der Waals surface area (Å²) < 4.78 is 25.4. The van der Waals surface area contributed by atoms with Crippen molar-refractivity contribution < 1.29 is 13.6 Å². The van der Waals surface area contributed by atoms with Gasteiger partial charge in [-0.2, -0.15) is 0 Å². The van der Waals surface area contributed by atoms with Gasteiger partial charge in [0.1, 0.15) is 8.30 Å². The van der Waals surface area contributed by atoms with Crippen LogP contribution >= 0.6 is 50.1 Å². The number of pyridine rings is 1. The highest BCUT2D eigenvalue weighted by molar-refractivity contribution is 14.1. The quantitative estimate of drug-likeness (QED) is 0.433. The van der Waals surface area contributed by atoms with Crippen LogP contribution < -0.4 is 0 Å². The summed E-state index contributed by atoms with van der Waals surface area (Å²) in [5.74, 6) is 0. The normalized spacial score (nSPS) is 10.7. The number of carbonyl (C=O) groups excluding carboxylic acids is 1. The Kier molecular flexibility index (Phi) is 4.20.